The molecule has 154 valence electrons. The van der Waals surface area contributed by atoms with Crippen LogP contribution in [-0.4, -0.2) is 52.8 Å². The molecule has 1 fully saturated rings. The van der Waals surface area contributed by atoms with E-state index in [0.717, 1.165) is 15.8 Å². The number of hydrogen-bond acceptors (Lipinski definition) is 5. The lowest BCUT2D eigenvalue weighted by Crippen LogP contribution is -2.39. The number of aromatic nitrogens is 2. The van der Waals surface area contributed by atoms with Crippen LogP contribution in [0.15, 0.2) is 18.2 Å². The maximum Gasteiger partial charge on any atom is 0.408 e. The van der Waals surface area contributed by atoms with Crippen molar-refractivity contribution >= 4 is 0 Å². The molecule has 28 heavy (non-hydrogen) atoms. The van der Waals surface area contributed by atoms with Crippen LogP contribution in [-0.2, 0) is 17.8 Å². The van der Waals surface area contributed by atoms with Gasteiger partial charge in [0.15, 0.2) is 11.5 Å². The lowest BCUT2D eigenvalue weighted by molar-refractivity contribution is -0.143. The molecule has 1 aromatic carbocycles. The van der Waals surface area contributed by atoms with Crippen LogP contribution in [0.1, 0.15) is 28.6 Å². The fourth-order valence-corrected chi connectivity index (χ4v) is 3.68. The summed E-state index contributed by atoms with van der Waals surface area (Å²) in [4.78, 5) is 2.14. The monoisotopic (exact) mass is 399 g/mol. The maximum absolute atomic E-state index is 12.8. The van der Waals surface area contributed by atoms with Gasteiger partial charge in [0, 0.05) is 24.3 Å². The molecule has 0 radical (unpaired) electrons. The minimum Gasteiger partial charge on any atom is -0.504 e. The molecule has 1 aromatic heterocycles. The Morgan fingerprint density at radius 2 is 2.07 bits per heavy atom. The first kappa shape index (κ1) is 20.5. The third kappa shape index (κ3) is 4.41. The van der Waals surface area contributed by atoms with Gasteiger partial charge in [0.05, 0.1) is 32.1 Å². The molecule has 0 aliphatic carbocycles. The molecule has 1 N–H and O–H groups in total. The van der Waals surface area contributed by atoms with Gasteiger partial charge in [0.25, 0.3) is 0 Å². The number of aryl methyl sites for hydroxylation is 1. The van der Waals surface area contributed by atoms with Crippen LogP contribution >= 0.6 is 0 Å². The smallest absolute Gasteiger partial charge is 0.408 e. The van der Waals surface area contributed by atoms with E-state index in [0.29, 0.717) is 43.4 Å². The van der Waals surface area contributed by atoms with Crippen molar-refractivity contribution in [2.45, 2.75) is 39.2 Å². The number of morpholine rings is 1. The second-order valence-electron chi connectivity index (χ2n) is 6.92. The van der Waals surface area contributed by atoms with E-state index in [1.54, 1.807) is 26.0 Å². The minimum absolute atomic E-state index is 0.0511. The largest absolute Gasteiger partial charge is 0.504 e. The fraction of sp³-hybridized carbons (Fsp3) is 0.526. The molecule has 2 heterocycles. The van der Waals surface area contributed by atoms with E-state index in [2.05, 4.69) is 10.00 Å². The van der Waals surface area contributed by atoms with E-state index in [1.165, 1.54) is 7.11 Å². The Labute approximate surface area is 161 Å². The number of rotatable bonds is 5. The van der Waals surface area contributed by atoms with E-state index in [4.69, 9.17) is 9.47 Å². The van der Waals surface area contributed by atoms with Crippen molar-refractivity contribution in [1.29, 1.82) is 0 Å². The van der Waals surface area contributed by atoms with Gasteiger partial charge in [-0.05, 0) is 31.5 Å². The summed E-state index contributed by atoms with van der Waals surface area (Å²) in [6.07, 6.45) is -4.33. The summed E-state index contributed by atoms with van der Waals surface area (Å²) in [5.41, 5.74) is 2.71. The third-order valence-electron chi connectivity index (χ3n) is 4.97. The zero-order chi connectivity index (χ0) is 20.5. The van der Waals surface area contributed by atoms with Gasteiger partial charge in [0.1, 0.15) is 6.54 Å². The lowest BCUT2D eigenvalue weighted by Gasteiger charge is -2.36. The number of phenolic OH excluding ortho intramolecular Hbond substituents is 1. The predicted molar refractivity (Wildman–Crippen MR) is 96.4 cm³/mol. The first-order chi connectivity index (χ1) is 13.2. The zero-order valence-electron chi connectivity index (χ0n) is 16.1. The molecule has 9 heteroatoms. The van der Waals surface area contributed by atoms with Crippen molar-refractivity contribution in [3.05, 3.63) is 40.7 Å². The summed E-state index contributed by atoms with van der Waals surface area (Å²) in [5.74, 6) is 0.442. The van der Waals surface area contributed by atoms with Crippen LogP contribution in [0.4, 0.5) is 13.2 Å². The van der Waals surface area contributed by atoms with Gasteiger partial charge in [-0.15, -0.1) is 0 Å². The average molecular weight is 399 g/mol. The molecule has 1 aliphatic rings. The van der Waals surface area contributed by atoms with Gasteiger partial charge in [-0.1, -0.05) is 6.07 Å². The fourth-order valence-electron chi connectivity index (χ4n) is 3.68. The third-order valence-corrected chi connectivity index (χ3v) is 4.97. The average Bonchev–Trinajstić information content (AvgIpc) is 2.87. The quantitative estimate of drug-likeness (QED) is 0.836. The Hall–Kier alpha value is -2.26. The summed E-state index contributed by atoms with van der Waals surface area (Å²) < 4.78 is 50.2. The number of hydrogen-bond donors (Lipinski definition) is 1. The molecule has 1 saturated heterocycles. The highest BCUT2D eigenvalue weighted by atomic mass is 19.4. The second kappa shape index (κ2) is 8.00. The number of halogens is 3. The van der Waals surface area contributed by atoms with Crippen molar-refractivity contribution in [2.75, 3.05) is 26.9 Å². The first-order valence-electron chi connectivity index (χ1n) is 8.98. The van der Waals surface area contributed by atoms with Crippen LogP contribution in [0.3, 0.4) is 0 Å². The first-order valence-corrected chi connectivity index (χ1v) is 8.98. The van der Waals surface area contributed by atoms with E-state index in [1.807, 2.05) is 6.07 Å². The van der Waals surface area contributed by atoms with Gasteiger partial charge in [0.2, 0.25) is 0 Å². The summed E-state index contributed by atoms with van der Waals surface area (Å²) in [7, 11) is 1.48. The lowest BCUT2D eigenvalue weighted by atomic mass is 10.0. The molecule has 0 amide bonds. The highest BCUT2D eigenvalue weighted by molar-refractivity contribution is 5.41. The molecule has 0 unspecified atom stereocenters. The predicted octanol–water partition coefficient (Wildman–Crippen LogP) is 3.35. The van der Waals surface area contributed by atoms with Crippen LogP contribution in [0.5, 0.6) is 11.5 Å². The standard InChI is InChI=1S/C19H24F3N3O3/c1-12-18(13(2)25(23-12)11-19(20,21)22)15-10-28-7-6-24(15)9-14-4-5-17(27-3)16(26)8-14/h4-5,8,15,26H,6-7,9-11H2,1-3H3/t15-/m0/s1. The molecule has 3 rings (SSSR count). The number of nitrogens with zero attached hydrogens (tertiary/aromatic N) is 3. The molecule has 1 atom stereocenters. The Balaban J connectivity index is 1.87. The summed E-state index contributed by atoms with van der Waals surface area (Å²) in [5, 5.41) is 14.1. The molecule has 1 aliphatic heterocycles. The van der Waals surface area contributed by atoms with E-state index < -0.39 is 12.7 Å². The topological polar surface area (TPSA) is 59.8 Å². The SMILES string of the molecule is COc1ccc(CN2CCOC[C@H]2c2c(C)nn(CC(F)(F)F)c2C)cc1O. The van der Waals surface area contributed by atoms with E-state index >= 15 is 0 Å². The van der Waals surface area contributed by atoms with Crippen molar-refractivity contribution in [3.63, 3.8) is 0 Å². The van der Waals surface area contributed by atoms with Gasteiger partial charge < -0.3 is 14.6 Å². The number of benzene rings is 1. The summed E-state index contributed by atoms with van der Waals surface area (Å²) >= 11 is 0. The number of methoxy groups -OCH3 is 1. The highest BCUT2D eigenvalue weighted by Crippen LogP contribution is 2.33. The van der Waals surface area contributed by atoms with Crippen molar-refractivity contribution in [3.8, 4) is 11.5 Å². The molecular formula is C19H24F3N3O3. The van der Waals surface area contributed by atoms with Crippen LogP contribution in [0, 0.1) is 13.8 Å². The zero-order valence-corrected chi connectivity index (χ0v) is 16.1. The molecule has 0 saturated carbocycles. The van der Waals surface area contributed by atoms with Gasteiger partial charge >= 0.3 is 6.18 Å². The normalized spacial score (nSPS) is 18.4. The van der Waals surface area contributed by atoms with E-state index in [-0.39, 0.29) is 11.8 Å². The van der Waals surface area contributed by atoms with Gasteiger partial charge in [-0.2, -0.15) is 18.3 Å². The minimum atomic E-state index is -4.33. The Morgan fingerprint density at radius 3 is 2.71 bits per heavy atom. The molecular weight excluding hydrogens is 375 g/mol. The number of phenols is 1. The van der Waals surface area contributed by atoms with Crippen LogP contribution in [0.25, 0.3) is 0 Å². The number of ether oxygens (including phenoxy) is 2. The number of alkyl halides is 3. The highest BCUT2D eigenvalue weighted by Gasteiger charge is 2.33. The number of aromatic hydroxyl groups is 1. The summed E-state index contributed by atoms with van der Waals surface area (Å²) in [6, 6.07) is 4.98. The van der Waals surface area contributed by atoms with Crippen molar-refractivity contribution in [1.82, 2.24) is 14.7 Å². The Bertz CT molecular complexity index is 836. The second-order valence-corrected chi connectivity index (χ2v) is 6.92. The Morgan fingerprint density at radius 1 is 1.32 bits per heavy atom. The van der Waals surface area contributed by atoms with Crippen LogP contribution < -0.4 is 4.74 Å². The maximum atomic E-state index is 12.8. The summed E-state index contributed by atoms with van der Waals surface area (Å²) in [6.45, 7) is 4.33. The van der Waals surface area contributed by atoms with Gasteiger partial charge in [-0.25, -0.2) is 0 Å². The van der Waals surface area contributed by atoms with Crippen LogP contribution in [0.2, 0.25) is 0 Å². The van der Waals surface area contributed by atoms with Gasteiger partial charge in [-0.3, -0.25) is 9.58 Å². The molecule has 2 aromatic rings. The molecule has 0 spiro atoms. The molecule has 0 bridgehead atoms. The molecule has 6 nitrogen and oxygen atoms in total. The van der Waals surface area contributed by atoms with Crippen molar-refractivity contribution < 1.29 is 27.8 Å². The Kier molecular flexibility index (Phi) is 5.85. The van der Waals surface area contributed by atoms with E-state index in [9.17, 15) is 18.3 Å². The van der Waals surface area contributed by atoms with Crippen molar-refractivity contribution in [2.24, 2.45) is 0 Å².